The number of carbonyl (C=O) groups excluding carboxylic acids is 1. The normalized spacial score (nSPS) is 10.4. The monoisotopic (exact) mass is 367 g/mol. The van der Waals surface area contributed by atoms with E-state index in [2.05, 4.69) is 15.3 Å². The van der Waals surface area contributed by atoms with Gasteiger partial charge in [-0.2, -0.15) is 0 Å². The Bertz CT molecular complexity index is 901. The Morgan fingerprint density at radius 3 is 2.58 bits per heavy atom. The first-order valence-electron chi connectivity index (χ1n) is 8.26. The van der Waals surface area contributed by atoms with Crippen molar-refractivity contribution in [3.63, 3.8) is 0 Å². The molecule has 0 saturated heterocycles. The highest BCUT2D eigenvalue weighted by atomic mass is 35.5. The molecule has 1 N–H and O–H groups in total. The fraction of sp³-hybridized carbons (Fsp3) is 0.150. The first-order valence-corrected chi connectivity index (χ1v) is 8.63. The van der Waals surface area contributed by atoms with Crippen LogP contribution in [0, 0.1) is 0 Å². The van der Waals surface area contributed by atoms with Crippen LogP contribution in [-0.2, 0) is 11.3 Å². The Hall–Kier alpha value is -2.92. The molecule has 0 radical (unpaired) electrons. The van der Waals surface area contributed by atoms with Gasteiger partial charge < -0.3 is 10.1 Å². The maximum Gasteiger partial charge on any atom is 0.343 e. The van der Waals surface area contributed by atoms with Crippen molar-refractivity contribution in [3.8, 4) is 11.4 Å². The number of hydrogen-bond acceptors (Lipinski definition) is 5. The summed E-state index contributed by atoms with van der Waals surface area (Å²) in [6.07, 6.45) is 1.47. The number of nitrogens with one attached hydrogen (secondary N) is 1. The van der Waals surface area contributed by atoms with Crippen molar-refractivity contribution in [2.75, 3.05) is 11.9 Å². The van der Waals surface area contributed by atoms with Crippen LogP contribution in [0.15, 0.2) is 60.8 Å². The second-order valence-corrected chi connectivity index (χ2v) is 5.90. The van der Waals surface area contributed by atoms with E-state index in [9.17, 15) is 4.79 Å². The molecule has 0 unspecified atom stereocenters. The van der Waals surface area contributed by atoms with Gasteiger partial charge >= 0.3 is 5.97 Å². The van der Waals surface area contributed by atoms with Gasteiger partial charge in [0.2, 0.25) is 0 Å². The van der Waals surface area contributed by atoms with E-state index in [4.69, 9.17) is 16.3 Å². The largest absolute Gasteiger partial charge is 0.462 e. The van der Waals surface area contributed by atoms with Crippen molar-refractivity contribution in [1.29, 1.82) is 0 Å². The van der Waals surface area contributed by atoms with Crippen LogP contribution in [-0.4, -0.2) is 22.5 Å². The van der Waals surface area contributed by atoms with Crippen molar-refractivity contribution in [3.05, 3.63) is 76.9 Å². The molecule has 0 spiro atoms. The molecule has 0 aliphatic heterocycles. The number of ether oxygens (including phenoxy) is 1. The maximum absolute atomic E-state index is 12.2. The van der Waals surface area contributed by atoms with Crippen LogP contribution in [0.1, 0.15) is 22.8 Å². The Morgan fingerprint density at radius 1 is 1.12 bits per heavy atom. The molecule has 0 aliphatic rings. The predicted molar refractivity (Wildman–Crippen MR) is 102 cm³/mol. The molecule has 1 aromatic heterocycles. The summed E-state index contributed by atoms with van der Waals surface area (Å²) in [6, 6.07) is 17.2. The molecule has 0 amide bonds. The summed E-state index contributed by atoms with van der Waals surface area (Å²) in [5.74, 6) is 0.394. The van der Waals surface area contributed by atoms with Gasteiger partial charge in [0.1, 0.15) is 11.4 Å². The number of rotatable bonds is 6. The Kier molecular flexibility index (Phi) is 5.81. The van der Waals surface area contributed by atoms with E-state index in [1.54, 1.807) is 13.0 Å². The quantitative estimate of drug-likeness (QED) is 0.646. The smallest absolute Gasteiger partial charge is 0.343 e. The van der Waals surface area contributed by atoms with Crippen molar-refractivity contribution in [2.45, 2.75) is 13.5 Å². The van der Waals surface area contributed by atoms with Crippen molar-refractivity contribution in [2.24, 2.45) is 0 Å². The molecule has 0 aliphatic carbocycles. The minimum Gasteiger partial charge on any atom is -0.462 e. The SMILES string of the molecule is CCOC(=O)c1cnc(-c2ccccc2Cl)nc1NCc1ccccc1. The lowest BCUT2D eigenvalue weighted by Gasteiger charge is -2.12. The van der Waals surface area contributed by atoms with E-state index in [0.717, 1.165) is 5.56 Å². The maximum atomic E-state index is 12.2. The number of halogens is 1. The lowest BCUT2D eigenvalue weighted by atomic mass is 10.2. The van der Waals surface area contributed by atoms with Crippen LogP contribution in [0.4, 0.5) is 5.82 Å². The van der Waals surface area contributed by atoms with Crippen molar-refractivity contribution in [1.82, 2.24) is 9.97 Å². The molecule has 1 heterocycles. The molecule has 26 heavy (non-hydrogen) atoms. The van der Waals surface area contributed by atoms with Gasteiger partial charge in [0.15, 0.2) is 5.82 Å². The van der Waals surface area contributed by atoms with Gasteiger partial charge in [-0.25, -0.2) is 14.8 Å². The van der Waals surface area contributed by atoms with E-state index in [0.29, 0.717) is 34.3 Å². The summed E-state index contributed by atoms with van der Waals surface area (Å²) < 4.78 is 5.10. The van der Waals surface area contributed by atoms with Crippen LogP contribution in [0.2, 0.25) is 5.02 Å². The fourth-order valence-electron chi connectivity index (χ4n) is 2.43. The topological polar surface area (TPSA) is 64.1 Å². The molecule has 2 aromatic carbocycles. The molecule has 6 heteroatoms. The summed E-state index contributed by atoms with van der Waals surface area (Å²) in [7, 11) is 0. The highest BCUT2D eigenvalue weighted by molar-refractivity contribution is 6.33. The summed E-state index contributed by atoms with van der Waals surface area (Å²) in [6.45, 7) is 2.56. The highest BCUT2D eigenvalue weighted by Gasteiger charge is 2.17. The molecule has 3 aromatic rings. The third-order valence-electron chi connectivity index (χ3n) is 3.70. The third-order valence-corrected chi connectivity index (χ3v) is 4.03. The van der Waals surface area contributed by atoms with Crippen LogP contribution >= 0.6 is 11.6 Å². The van der Waals surface area contributed by atoms with Gasteiger partial charge in [0, 0.05) is 18.3 Å². The number of nitrogens with zero attached hydrogens (tertiary/aromatic N) is 2. The first kappa shape index (κ1) is 17.9. The number of anilines is 1. The molecule has 0 fully saturated rings. The zero-order valence-corrected chi connectivity index (χ0v) is 15.0. The Labute approximate surface area is 157 Å². The minimum absolute atomic E-state index is 0.281. The Balaban J connectivity index is 1.95. The number of esters is 1. The molecule has 132 valence electrons. The number of aromatic nitrogens is 2. The van der Waals surface area contributed by atoms with Gasteiger partial charge in [0.25, 0.3) is 0 Å². The van der Waals surface area contributed by atoms with Crippen molar-refractivity contribution >= 4 is 23.4 Å². The summed E-state index contributed by atoms with van der Waals surface area (Å²) in [5, 5.41) is 3.75. The molecule has 5 nitrogen and oxygen atoms in total. The molecule has 3 rings (SSSR count). The van der Waals surface area contributed by atoms with Crippen LogP contribution in [0.5, 0.6) is 0 Å². The van der Waals surface area contributed by atoms with Gasteiger partial charge in [-0.3, -0.25) is 0 Å². The van der Waals surface area contributed by atoms with Crippen LogP contribution in [0.3, 0.4) is 0 Å². The average molecular weight is 368 g/mol. The number of hydrogen-bond donors (Lipinski definition) is 1. The average Bonchev–Trinajstić information content (AvgIpc) is 2.67. The zero-order valence-electron chi connectivity index (χ0n) is 14.3. The summed E-state index contributed by atoms with van der Waals surface area (Å²) >= 11 is 6.24. The van der Waals surface area contributed by atoms with Gasteiger partial charge in [0.05, 0.1) is 11.6 Å². The van der Waals surface area contributed by atoms with E-state index < -0.39 is 5.97 Å². The molecular formula is C20H18ClN3O2. The molecule has 0 saturated carbocycles. The third kappa shape index (κ3) is 4.18. The van der Waals surface area contributed by atoms with Gasteiger partial charge in [-0.1, -0.05) is 54.1 Å². The summed E-state index contributed by atoms with van der Waals surface area (Å²) in [5.41, 5.74) is 2.06. The van der Waals surface area contributed by atoms with Gasteiger partial charge in [-0.05, 0) is 24.6 Å². The van der Waals surface area contributed by atoms with Gasteiger partial charge in [-0.15, -0.1) is 0 Å². The molecule has 0 atom stereocenters. The van der Waals surface area contributed by atoms with Crippen molar-refractivity contribution < 1.29 is 9.53 Å². The molecule has 0 bridgehead atoms. The van der Waals surface area contributed by atoms with Crippen LogP contribution in [0.25, 0.3) is 11.4 Å². The van der Waals surface area contributed by atoms with E-state index in [1.807, 2.05) is 48.5 Å². The second-order valence-electron chi connectivity index (χ2n) is 5.50. The van der Waals surface area contributed by atoms with E-state index in [-0.39, 0.29) is 6.61 Å². The second kappa shape index (κ2) is 8.45. The lowest BCUT2D eigenvalue weighted by molar-refractivity contribution is 0.0526. The molecular weight excluding hydrogens is 350 g/mol. The van der Waals surface area contributed by atoms with Crippen LogP contribution < -0.4 is 5.32 Å². The lowest BCUT2D eigenvalue weighted by Crippen LogP contribution is -2.13. The zero-order chi connectivity index (χ0) is 18.4. The minimum atomic E-state index is -0.464. The predicted octanol–water partition coefficient (Wildman–Crippen LogP) is 4.59. The highest BCUT2D eigenvalue weighted by Crippen LogP contribution is 2.26. The van der Waals surface area contributed by atoms with E-state index >= 15 is 0 Å². The number of benzene rings is 2. The summed E-state index contributed by atoms with van der Waals surface area (Å²) in [4.78, 5) is 21.0. The first-order chi connectivity index (χ1) is 12.7. The standard InChI is InChI=1S/C20H18ClN3O2/c1-2-26-20(25)16-13-23-18(15-10-6-7-11-17(15)21)24-19(16)22-12-14-8-4-3-5-9-14/h3-11,13H,2,12H2,1H3,(H,22,23,24). The number of carbonyl (C=O) groups is 1. The van der Waals surface area contributed by atoms with E-state index in [1.165, 1.54) is 6.20 Å². The Morgan fingerprint density at radius 2 is 1.85 bits per heavy atom. The fourth-order valence-corrected chi connectivity index (χ4v) is 2.65.